The Morgan fingerprint density at radius 1 is 0.333 bits per heavy atom. The standard InChI is InChI=1S/C45H33N3/c46-34-37-22-30-44(31-23-37)48(42-14-8-3-9-15-42)45-32-26-39(27-33-45)38-24-18-35(19-25-38)16-17-36-20-28-43(29-21-36)47(40-10-4-1-5-11-40)41-12-6-2-7-13-41/h1-33H/b17-16+. The molecule has 228 valence electrons. The topological polar surface area (TPSA) is 30.3 Å². The second-order valence-electron chi connectivity index (χ2n) is 11.4. The molecule has 0 heterocycles. The van der Waals surface area contributed by atoms with Crippen molar-refractivity contribution in [3.8, 4) is 17.2 Å². The predicted octanol–water partition coefficient (Wildman–Crippen LogP) is 12.3. The Labute approximate surface area is 282 Å². The first-order valence-corrected chi connectivity index (χ1v) is 16.0. The number of para-hydroxylation sites is 3. The zero-order valence-corrected chi connectivity index (χ0v) is 26.4. The lowest BCUT2D eigenvalue weighted by molar-refractivity contribution is 1.28. The monoisotopic (exact) mass is 615 g/mol. The Kier molecular flexibility index (Phi) is 8.89. The highest BCUT2D eigenvalue weighted by atomic mass is 15.1. The van der Waals surface area contributed by atoms with Gasteiger partial charge in [-0.25, -0.2) is 0 Å². The van der Waals surface area contributed by atoms with Crippen LogP contribution in [-0.2, 0) is 0 Å². The lowest BCUT2D eigenvalue weighted by atomic mass is 10.0. The van der Waals surface area contributed by atoms with E-state index in [1.807, 2.05) is 54.6 Å². The van der Waals surface area contributed by atoms with Crippen molar-refractivity contribution >= 4 is 46.3 Å². The summed E-state index contributed by atoms with van der Waals surface area (Å²) in [6.45, 7) is 0. The third-order valence-corrected chi connectivity index (χ3v) is 8.29. The summed E-state index contributed by atoms with van der Waals surface area (Å²) in [5, 5.41) is 9.26. The molecule has 0 aliphatic carbocycles. The Hall–Kier alpha value is -6.63. The molecule has 0 saturated carbocycles. The molecule has 0 saturated heterocycles. The molecule has 0 atom stereocenters. The minimum Gasteiger partial charge on any atom is -0.311 e. The van der Waals surface area contributed by atoms with Crippen LogP contribution in [0.15, 0.2) is 188 Å². The first-order valence-electron chi connectivity index (χ1n) is 16.0. The Bertz CT molecular complexity index is 2090. The highest BCUT2D eigenvalue weighted by Crippen LogP contribution is 2.36. The van der Waals surface area contributed by atoms with Crippen LogP contribution in [0, 0.1) is 11.3 Å². The van der Waals surface area contributed by atoms with Gasteiger partial charge >= 0.3 is 0 Å². The van der Waals surface area contributed by atoms with E-state index < -0.39 is 0 Å². The number of hydrogen-bond donors (Lipinski definition) is 0. The maximum atomic E-state index is 9.26. The van der Waals surface area contributed by atoms with Gasteiger partial charge in [0.2, 0.25) is 0 Å². The molecule has 7 rings (SSSR count). The number of nitrogens with zero attached hydrogens (tertiary/aromatic N) is 3. The largest absolute Gasteiger partial charge is 0.311 e. The molecular weight excluding hydrogens is 583 g/mol. The summed E-state index contributed by atoms with van der Waals surface area (Å²) in [5.74, 6) is 0. The van der Waals surface area contributed by atoms with Crippen molar-refractivity contribution in [2.75, 3.05) is 9.80 Å². The van der Waals surface area contributed by atoms with Gasteiger partial charge in [0.1, 0.15) is 0 Å². The second kappa shape index (κ2) is 14.2. The van der Waals surface area contributed by atoms with Crippen LogP contribution in [0.25, 0.3) is 23.3 Å². The van der Waals surface area contributed by atoms with Gasteiger partial charge in [-0.2, -0.15) is 5.26 Å². The molecule has 0 bridgehead atoms. The molecule has 0 fully saturated rings. The summed E-state index contributed by atoms with van der Waals surface area (Å²) < 4.78 is 0. The molecule has 0 aliphatic rings. The van der Waals surface area contributed by atoms with Crippen LogP contribution in [-0.4, -0.2) is 0 Å². The predicted molar refractivity (Wildman–Crippen MR) is 201 cm³/mol. The van der Waals surface area contributed by atoms with Crippen LogP contribution in [0.3, 0.4) is 0 Å². The van der Waals surface area contributed by atoms with Crippen molar-refractivity contribution in [3.63, 3.8) is 0 Å². The molecule has 0 spiro atoms. The van der Waals surface area contributed by atoms with Crippen LogP contribution in [0.1, 0.15) is 16.7 Å². The van der Waals surface area contributed by atoms with Crippen LogP contribution < -0.4 is 9.80 Å². The van der Waals surface area contributed by atoms with E-state index >= 15 is 0 Å². The van der Waals surface area contributed by atoms with Crippen molar-refractivity contribution in [2.45, 2.75) is 0 Å². The number of benzene rings is 7. The molecule has 3 nitrogen and oxygen atoms in total. The van der Waals surface area contributed by atoms with Crippen molar-refractivity contribution < 1.29 is 0 Å². The quantitative estimate of drug-likeness (QED) is 0.151. The molecule has 7 aromatic carbocycles. The van der Waals surface area contributed by atoms with Crippen molar-refractivity contribution in [2.24, 2.45) is 0 Å². The normalized spacial score (nSPS) is 10.8. The fraction of sp³-hybridized carbons (Fsp3) is 0. The zero-order chi connectivity index (χ0) is 32.5. The van der Waals surface area contributed by atoms with Crippen LogP contribution in [0.2, 0.25) is 0 Å². The van der Waals surface area contributed by atoms with E-state index in [9.17, 15) is 5.26 Å². The third kappa shape index (κ3) is 6.79. The Morgan fingerprint density at radius 3 is 1.00 bits per heavy atom. The second-order valence-corrected chi connectivity index (χ2v) is 11.4. The van der Waals surface area contributed by atoms with Gasteiger partial charge in [0, 0.05) is 34.1 Å². The molecule has 0 unspecified atom stereocenters. The van der Waals surface area contributed by atoms with E-state index in [4.69, 9.17) is 0 Å². The van der Waals surface area contributed by atoms with Gasteiger partial charge in [-0.3, -0.25) is 0 Å². The van der Waals surface area contributed by atoms with E-state index in [-0.39, 0.29) is 0 Å². The summed E-state index contributed by atoms with van der Waals surface area (Å²) in [7, 11) is 0. The number of anilines is 6. The fourth-order valence-corrected chi connectivity index (χ4v) is 5.83. The Balaban J connectivity index is 1.07. The van der Waals surface area contributed by atoms with E-state index in [0.717, 1.165) is 56.4 Å². The van der Waals surface area contributed by atoms with Crippen molar-refractivity contribution in [1.29, 1.82) is 5.26 Å². The SMILES string of the molecule is N#Cc1ccc(N(c2ccccc2)c2ccc(-c3ccc(/C=C/c4ccc(N(c5ccccc5)c5ccccc5)cc4)cc3)cc2)cc1. The van der Waals surface area contributed by atoms with E-state index in [0.29, 0.717) is 5.56 Å². The van der Waals surface area contributed by atoms with Crippen molar-refractivity contribution in [3.05, 3.63) is 205 Å². The molecule has 0 N–H and O–H groups in total. The lowest BCUT2D eigenvalue weighted by Crippen LogP contribution is -2.09. The van der Waals surface area contributed by atoms with E-state index in [1.54, 1.807) is 0 Å². The smallest absolute Gasteiger partial charge is 0.0991 e. The Morgan fingerprint density at radius 2 is 0.625 bits per heavy atom. The van der Waals surface area contributed by atoms with Crippen LogP contribution in [0.4, 0.5) is 34.1 Å². The van der Waals surface area contributed by atoms with Crippen molar-refractivity contribution in [1.82, 2.24) is 0 Å². The fourth-order valence-electron chi connectivity index (χ4n) is 5.83. The highest BCUT2D eigenvalue weighted by Gasteiger charge is 2.13. The summed E-state index contributed by atoms with van der Waals surface area (Å²) in [6.07, 6.45) is 4.31. The molecule has 3 heteroatoms. The third-order valence-electron chi connectivity index (χ3n) is 8.29. The number of hydrogen-bond acceptors (Lipinski definition) is 3. The molecule has 48 heavy (non-hydrogen) atoms. The number of nitriles is 1. The first-order chi connectivity index (χ1) is 23.7. The molecule has 7 aromatic rings. The van der Waals surface area contributed by atoms with Gasteiger partial charge in [0.15, 0.2) is 0 Å². The van der Waals surface area contributed by atoms with E-state index in [1.165, 1.54) is 0 Å². The van der Waals surface area contributed by atoms with Gasteiger partial charge in [0.25, 0.3) is 0 Å². The molecular formula is C45H33N3. The maximum absolute atomic E-state index is 9.26. The first kappa shape index (κ1) is 30.0. The molecule has 0 aromatic heterocycles. The summed E-state index contributed by atoms with van der Waals surface area (Å²) in [6, 6.07) is 67.1. The molecule has 0 amide bonds. The minimum absolute atomic E-state index is 0.646. The molecule has 0 aliphatic heterocycles. The van der Waals surface area contributed by atoms with Gasteiger partial charge in [-0.05, 0) is 107 Å². The average Bonchev–Trinajstić information content (AvgIpc) is 3.17. The summed E-state index contributed by atoms with van der Waals surface area (Å²) in [5.41, 5.74) is 11.7. The summed E-state index contributed by atoms with van der Waals surface area (Å²) >= 11 is 0. The number of rotatable bonds is 9. The van der Waals surface area contributed by atoms with Crippen LogP contribution in [0.5, 0.6) is 0 Å². The van der Waals surface area contributed by atoms with Gasteiger partial charge in [-0.15, -0.1) is 0 Å². The molecule has 0 radical (unpaired) electrons. The zero-order valence-electron chi connectivity index (χ0n) is 26.4. The van der Waals surface area contributed by atoms with Gasteiger partial charge in [0.05, 0.1) is 11.6 Å². The lowest BCUT2D eigenvalue weighted by Gasteiger charge is -2.25. The summed E-state index contributed by atoms with van der Waals surface area (Å²) in [4.78, 5) is 4.47. The van der Waals surface area contributed by atoms with Crippen LogP contribution >= 0.6 is 0 Å². The highest BCUT2D eigenvalue weighted by molar-refractivity contribution is 5.80. The minimum atomic E-state index is 0.646. The maximum Gasteiger partial charge on any atom is 0.0991 e. The average molecular weight is 616 g/mol. The van der Waals surface area contributed by atoms with E-state index in [2.05, 4.69) is 161 Å². The van der Waals surface area contributed by atoms with Gasteiger partial charge in [-0.1, -0.05) is 115 Å². The van der Waals surface area contributed by atoms with Gasteiger partial charge < -0.3 is 9.80 Å².